The molecule has 0 fully saturated rings. The monoisotopic (exact) mass is 321 g/mol. The Bertz CT molecular complexity index is 849. The molecule has 5 heteroatoms. The maximum atomic E-state index is 12.3. The van der Waals surface area contributed by atoms with Crippen molar-refractivity contribution in [1.29, 1.82) is 0 Å². The van der Waals surface area contributed by atoms with Gasteiger partial charge in [0.1, 0.15) is 5.69 Å². The molecule has 1 heterocycles. The van der Waals surface area contributed by atoms with Gasteiger partial charge in [0.25, 0.3) is 5.91 Å². The van der Waals surface area contributed by atoms with Gasteiger partial charge in [0.2, 0.25) is 0 Å². The second-order valence-electron chi connectivity index (χ2n) is 5.33. The average Bonchev–Trinajstić information content (AvgIpc) is 2.64. The zero-order chi connectivity index (χ0) is 16.8. The van der Waals surface area contributed by atoms with Crippen LogP contribution >= 0.6 is 0 Å². The molecule has 1 N–H and O–H groups in total. The first-order chi connectivity index (χ1) is 11.8. The standard InChI is InChI=1S/C19H19N3O2/c1-2-24-13-15-8-4-3-7-14(15)11-21-19(23)18-12-20-16-9-5-6-10-17(16)22-18/h3-10,12H,2,11,13H2,1H3,(H,21,23). The van der Waals surface area contributed by atoms with Crippen LogP contribution in [0.25, 0.3) is 11.0 Å². The number of benzene rings is 2. The number of ether oxygens (including phenoxy) is 1. The van der Waals surface area contributed by atoms with Crippen molar-refractivity contribution < 1.29 is 9.53 Å². The number of nitrogens with one attached hydrogen (secondary N) is 1. The molecule has 24 heavy (non-hydrogen) atoms. The fourth-order valence-corrected chi connectivity index (χ4v) is 2.42. The number of nitrogens with zero attached hydrogens (tertiary/aromatic N) is 2. The third-order valence-electron chi connectivity index (χ3n) is 3.70. The Morgan fingerprint density at radius 3 is 2.54 bits per heavy atom. The number of carbonyl (C=O) groups is 1. The van der Waals surface area contributed by atoms with Gasteiger partial charge in [0, 0.05) is 13.2 Å². The molecule has 0 atom stereocenters. The molecular weight excluding hydrogens is 302 g/mol. The van der Waals surface area contributed by atoms with E-state index in [0.717, 1.165) is 16.6 Å². The Balaban J connectivity index is 1.70. The van der Waals surface area contributed by atoms with E-state index in [2.05, 4.69) is 15.3 Å². The molecule has 2 aromatic carbocycles. The fourth-order valence-electron chi connectivity index (χ4n) is 2.42. The van der Waals surface area contributed by atoms with Crippen molar-refractivity contribution in [3.05, 3.63) is 71.5 Å². The lowest BCUT2D eigenvalue weighted by molar-refractivity contribution is 0.0945. The number of rotatable bonds is 6. The summed E-state index contributed by atoms with van der Waals surface area (Å²) in [5.74, 6) is -0.237. The summed E-state index contributed by atoms with van der Waals surface area (Å²) in [5, 5.41) is 2.90. The van der Waals surface area contributed by atoms with Gasteiger partial charge in [0.05, 0.1) is 23.8 Å². The molecule has 5 nitrogen and oxygen atoms in total. The molecule has 3 aromatic rings. The molecule has 1 aromatic heterocycles. The molecule has 0 radical (unpaired) electrons. The van der Waals surface area contributed by atoms with E-state index in [0.29, 0.717) is 31.0 Å². The van der Waals surface area contributed by atoms with Crippen LogP contribution in [0.5, 0.6) is 0 Å². The highest BCUT2D eigenvalue weighted by atomic mass is 16.5. The van der Waals surface area contributed by atoms with E-state index >= 15 is 0 Å². The summed E-state index contributed by atoms with van der Waals surface area (Å²) in [6.07, 6.45) is 1.50. The second kappa shape index (κ2) is 7.66. The van der Waals surface area contributed by atoms with Crippen LogP contribution < -0.4 is 5.32 Å². The molecule has 0 aliphatic rings. The zero-order valence-electron chi connectivity index (χ0n) is 13.5. The van der Waals surface area contributed by atoms with Crippen LogP contribution in [-0.4, -0.2) is 22.5 Å². The highest BCUT2D eigenvalue weighted by molar-refractivity contribution is 5.93. The minimum absolute atomic E-state index is 0.237. The topological polar surface area (TPSA) is 64.1 Å². The molecule has 0 aliphatic carbocycles. The third kappa shape index (κ3) is 3.75. The Kier molecular flexibility index (Phi) is 5.13. The molecule has 0 unspecified atom stereocenters. The lowest BCUT2D eigenvalue weighted by Gasteiger charge is -2.10. The Morgan fingerprint density at radius 1 is 1.04 bits per heavy atom. The van der Waals surface area contributed by atoms with Crippen molar-refractivity contribution >= 4 is 16.9 Å². The van der Waals surface area contributed by atoms with Crippen LogP contribution in [0.1, 0.15) is 28.5 Å². The summed E-state index contributed by atoms with van der Waals surface area (Å²) >= 11 is 0. The highest BCUT2D eigenvalue weighted by Gasteiger charge is 2.10. The van der Waals surface area contributed by atoms with E-state index in [-0.39, 0.29) is 5.91 Å². The second-order valence-corrected chi connectivity index (χ2v) is 5.33. The van der Waals surface area contributed by atoms with Gasteiger partial charge in [-0.3, -0.25) is 9.78 Å². The first-order valence-electron chi connectivity index (χ1n) is 7.92. The zero-order valence-corrected chi connectivity index (χ0v) is 13.5. The summed E-state index contributed by atoms with van der Waals surface area (Å²) in [5.41, 5.74) is 3.91. The number of amides is 1. The minimum Gasteiger partial charge on any atom is -0.377 e. The van der Waals surface area contributed by atoms with Gasteiger partial charge in [-0.15, -0.1) is 0 Å². The lowest BCUT2D eigenvalue weighted by Crippen LogP contribution is -2.24. The SMILES string of the molecule is CCOCc1ccccc1CNC(=O)c1cnc2ccccc2n1. The van der Waals surface area contributed by atoms with Gasteiger partial charge < -0.3 is 10.1 Å². The van der Waals surface area contributed by atoms with Crippen molar-refractivity contribution in [2.45, 2.75) is 20.1 Å². The minimum atomic E-state index is -0.237. The van der Waals surface area contributed by atoms with E-state index in [1.807, 2.05) is 55.5 Å². The maximum Gasteiger partial charge on any atom is 0.271 e. The molecule has 122 valence electrons. The van der Waals surface area contributed by atoms with Crippen LogP contribution in [0, 0.1) is 0 Å². The number of aromatic nitrogens is 2. The van der Waals surface area contributed by atoms with E-state index < -0.39 is 0 Å². The molecule has 3 rings (SSSR count). The summed E-state index contributed by atoms with van der Waals surface area (Å²) in [6.45, 7) is 3.59. The summed E-state index contributed by atoms with van der Waals surface area (Å²) in [7, 11) is 0. The molecule has 0 aliphatic heterocycles. The molecule has 0 saturated carbocycles. The predicted molar refractivity (Wildman–Crippen MR) is 92.5 cm³/mol. The van der Waals surface area contributed by atoms with E-state index in [4.69, 9.17) is 4.74 Å². The third-order valence-corrected chi connectivity index (χ3v) is 3.70. The Labute approximate surface area is 140 Å². The maximum absolute atomic E-state index is 12.3. The number of fused-ring (bicyclic) bond motifs is 1. The molecule has 0 spiro atoms. The van der Waals surface area contributed by atoms with Gasteiger partial charge in [-0.25, -0.2) is 4.98 Å². The van der Waals surface area contributed by atoms with Crippen LogP contribution in [0.15, 0.2) is 54.7 Å². The molecule has 0 bridgehead atoms. The molecule has 0 saturated heterocycles. The van der Waals surface area contributed by atoms with E-state index in [9.17, 15) is 4.79 Å². The van der Waals surface area contributed by atoms with Gasteiger partial charge in [0.15, 0.2) is 0 Å². The van der Waals surface area contributed by atoms with Gasteiger partial charge in [-0.05, 0) is 30.2 Å². The largest absolute Gasteiger partial charge is 0.377 e. The summed E-state index contributed by atoms with van der Waals surface area (Å²) in [4.78, 5) is 21.0. The number of hydrogen-bond donors (Lipinski definition) is 1. The van der Waals surface area contributed by atoms with Crippen LogP contribution in [-0.2, 0) is 17.9 Å². The summed E-state index contributed by atoms with van der Waals surface area (Å²) < 4.78 is 5.46. The van der Waals surface area contributed by atoms with Crippen molar-refractivity contribution in [2.75, 3.05) is 6.61 Å². The van der Waals surface area contributed by atoms with Crippen LogP contribution in [0.3, 0.4) is 0 Å². The van der Waals surface area contributed by atoms with Crippen LogP contribution in [0.4, 0.5) is 0 Å². The lowest BCUT2D eigenvalue weighted by atomic mass is 10.1. The van der Waals surface area contributed by atoms with Crippen molar-refractivity contribution in [3.63, 3.8) is 0 Å². The van der Waals surface area contributed by atoms with Crippen molar-refractivity contribution in [2.24, 2.45) is 0 Å². The molecule has 1 amide bonds. The van der Waals surface area contributed by atoms with Gasteiger partial charge in [-0.1, -0.05) is 36.4 Å². The normalized spacial score (nSPS) is 10.7. The summed E-state index contributed by atoms with van der Waals surface area (Å²) in [6, 6.07) is 15.4. The van der Waals surface area contributed by atoms with Crippen molar-refractivity contribution in [3.8, 4) is 0 Å². The number of para-hydroxylation sites is 2. The van der Waals surface area contributed by atoms with E-state index in [1.165, 1.54) is 6.20 Å². The Morgan fingerprint density at radius 2 is 1.75 bits per heavy atom. The van der Waals surface area contributed by atoms with Gasteiger partial charge in [-0.2, -0.15) is 0 Å². The van der Waals surface area contributed by atoms with E-state index in [1.54, 1.807) is 0 Å². The smallest absolute Gasteiger partial charge is 0.271 e. The van der Waals surface area contributed by atoms with Crippen LogP contribution in [0.2, 0.25) is 0 Å². The average molecular weight is 321 g/mol. The highest BCUT2D eigenvalue weighted by Crippen LogP contribution is 2.11. The Hall–Kier alpha value is -2.79. The first kappa shape index (κ1) is 16.1. The number of hydrogen-bond acceptors (Lipinski definition) is 4. The first-order valence-corrected chi connectivity index (χ1v) is 7.92. The number of carbonyl (C=O) groups excluding carboxylic acids is 1. The predicted octanol–water partition coefficient (Wildman–Crippen LogP) is 3.10. The fraction of sp³-hybridized carbons (Fsp3) is 0.211. The molecular formula is C19H19N3O2. The van der Waals surface area contributed by atoms with Crippen molar-refractivity contribution in [1.82, 2.24) is 15.3 Å². The quantitative estimate of drug-likeness (QED) is 0.758. The van der Waals surface area contributed by atoms with Gasteiger partial charge >= 0.3 is 0 Å².